The van der Waals surface area contributed by atoms with Gasteiger partial charge in [0.1, 0.15) is 5.82 Å². The van der Waals surface area contributed by atoms with Crippen LogP contribution >= 0.6 is 27.5 Å². The first-order valence-corrected chi connectivity index (χ1v) is 6.61. The topological polar surface area (TPSA) is 20.2 Å². The Labute approximate surface area is 118 Å². The van der Waals surface area contributed by atoms with E-state index in [0.717, 1.165) is 10.0 Å². The van der Waals surface area contributed by atoms with E-state index in [0.29, 0.717) is 12.0 Å². The number of aliphatic hydroxyl groups is 1. The summed E-state index contributed by atoms with van der Waals surface area (Å²) in [6, 6.07) is 11.7. The molecule has 1 unspecified atom stereocenters. The number of benzene rings is 2. The van der Waals surface area contributed by atoms with E-state index >= 15 is 0 Å². The Morgan fingerprint density at radius 2 is 1.94 bits per heavy atom. The first-order chi connectivity index (χ1) is 8.56. The van der Waals surface area contributed by atoms with Crippen LogP contribution in [0.2, 0.25) is 5.02 Å². The summed E-state index contributed by atoms with van der Waals surface area (Å²) >= 11 is 9.18. The molecule has 2 aromatic carbocycles. The van der Waals surface area contributed by atoms with Crippen LogP contribution in [0.3, 0.4) is 0 Å². The summed E-state index contributed by atoms with van der Waals surface area (Å²) in [5.41, 5.74) is 1.45. The molecule has 0 aliphatic heterocycles. The van der Waals surface area contributed by atoms with E-state index in [1.807, 2.05) is 24.3 Å². The standard InChI is InChI=1S/C14H11BrClFO/c15-13-4-2-1-3-9(13)7-14(18)10-5-11(16)8-12(17)6-10/h1-6,8,14,18H,7H2. The molecule has 1 N–H and O–H groups in total. The van der Waals surface area contributed by atoms with E-state index in [9.17, 15) is 9.50 Å². The lowest BCUT2D eigenvalue weighted by molar-refractivity contribution is 0.178. The smallest absolute Gasteiger partial charge is 0.125 e. The molecule has 2 aromatic rings. The van der Waals surface area contributed by atoms with E-state index < -0.39 is 11.9 Å². The van der Waals surface area contributed by atoms with Crippen LogP contribution in [0, 0.1) is 5.82 Å². The maximum Gasteiger partial charge on any atom is 0.125 e. The third-order valence-electron chi connectivity index (χ3n) is 2.64. The molecule has 0 radical (unpaired) electrons. The maximum absolute atomic E-state index is 13.2. The minimum absolute atomic E-state index is 0.288. The van der Waals surface area contributed by atoms with Crippen LogP contribution in [0.5, 0.6) is 0 Å². The lowest BCUT2D eigenvalue weighted by Crippen LogP contribution is -2.03. The van der Waals surface area contributed by atoms with Crippen LogP contribution in [0.1, 0.15) is 17.2 Å². The zero-order chi connectivity index (χ0) is 13.1. The molecule has 0 aliphatic rings. The van der Waals surface area contributed by atoms with Crippen LogP contribution in [0.4, 0.5) is 4.39 Å². The van der Waals surface area contributed by atoms with Gasteiger partial charge >= 0.3 is 0 Å². The summed E-state index contributed by atoms with van der Waals surface area (Å²) in [6.07, 6.45) is -0.377. The van der Waals surface area contributed by atoms with Crippen molar-refractivity contribution in [2.45, 2.75) is 12.5 Å². The van der Waals surface area contributed by atoms with E-state index in [4.69, 9.17) is 11.6 Å². The molecule has 4 heteroatoms. The van der Waals surface area contributed by atoms with Gasteiger partial charge in [-0.25, -0.2) is 4.39 Å². The first-order valence-electron chi connectivity index (χ1n) is 5.44. The largest absolute Gasteiger partial charge is 0.388 e. The van der Waals surface area contributed by atoms with Crippen LogP contribution in [-0.2, 0) is 6.42 Å². The maximum atomic E-state index is 13.2. The molecular formula is C14H11BrClFO. The summed E-state index contributed by atoms with van der Waals surface area (Å²) in [4.78, 5) is 0. The Morgan fingerprint density at radius 1 is 1.22 bits per heavy atom. The lowest BCUT2D eigenvalue weighted by Gasteiger charge is -2.12. The highest BCUT2D eigenvalue weighted by atomic mass is 79.9. The average molecular weight is 330 g/mol. The van der Waals surface area contributed by atoms with Crippen molar-refractivity contribution in [1.82, 2.24) is 0 Å². The number of aliphatic hydroxyl groups excluding tert-OH is 1. The molecule has 2 rings (SSSR count). The van der Waals surface area contributed by atoms with Crippen molar-refractivity contribution < 1.29 is 9.50 Å². The SMILES string of the molecule is OC(Cc1ccccc1Br)c1cc(F)cc(Cl)c1. The molecule has 0 aromatic heterocycles. The second-order valence-electron chi connectivity index (χ2n) is 4.01. The molecule has 0 bridgehead atoms. The fourth-order valence-corrected chi connectivity index (χ4v) is 2.43. The predicted octanol–water partition coefficient (Wildman–Crippen LogP) is 4.52. The molecule has 1 atom stereocenters. The molecule has 0 aliphatic carbocycles. The van der Waals surface area contributed by atoms with Crippen LogP contribution in [-0.4, -0.2) is 5.11 Å². The van der Waals surface area contributed by atoms with Crippen molar-refractivity contribution in [3.63, 3.8) is 0 Å². The summed E-state index contributed by atoms with van der Waals surface area (Å²) in [7, 11) is 0. The van der Waals surface area contributed by atoms with Gasteiger partial charge < -0.3 is 5.11 Å². The molecule has 0 heterocycles. The summed E-state index contributed by atoms with van der Waals surface area (Å²) in [5.74, 6) is -0.441. The van der Waals surface area contributed by atoms with Gasteiger partial charge in [0.2, 0.25) is 0 Å². The number of hydrogen-bond donors (Lipinski definition) is 1. The van der Waals surface area contributed by atoms with Crippen molar-refractivity contribution in [2.24, 2.45) is 0 Å². The zero-order valence-electron chi connectivity index (χ0n) is 9.41. The second kappa shape index (κ2) is 5.83. The van der Waals surface area contributed by atoms with Gasteiger partial charge in [-0.15, -0.1) is 0 Å². The highest BCUT2D eigenvalue weighted by molar-refractivity contribution is 9.10. The van der Waals surface area contributed by atoms with Gasteiger partial charge in [0.15, 0.2) is 0 Å². The quantitative estimate of drug-likeness (QED) is 0.878. The van der Waals surface area contributed by atoms with Gasteiger partial charge in [-0.3, -0.25) is 0 Å². The Balaban J connectivity index is 2.22. The third-order valence-corrected chi connectivity index (χ3v) is 3.63. The van der Waals surface area contributed by atoms with Crippen LogP contribution in [0.25, 0.3) is 0 Å². The highest BCUT2D eigenvalue weighted by Gasteiger charge is 2.12. The van der Waals surface area contributed by atoms with Gasteiger partial charge in [0.25, 0.3) is 0 Å². The number of hydrogen-bond acceptors (Lipinski definition) is 1. The Bertz CT molecular complexity index is 539. The Hall–Kier alpha value is -0.900. The average Bonchev–Trinajstić information content (AvgIpc) is 2.31. The van der Waals surface area contributed by atoms with Gasteiger partial charge in [0, 0.05) is 15.9 Å². The molecule has 0 amide bonds. The Kier molecular flexibility index (Phi) is 4.38. The molecular weight excluding hydrogens is 319 g/mol. The minimum atomic E-state index is -0.781. The van der Waals surface area contributed by atoms with Gasteiger partial charge in [-0.05, 0) is 35.4 Å². The van der Waals surface area contributed by atoms with Crippen molar-refractivity contribution in [3.8, 4) is 0 Å². The predicted molar refractivity (Wildman–Crippen MR) is 74.2 cm³/mol. The second-order valence-corrected chi connectivity index (χ2v) is 5.30. The summed E-state index contributed by atoms with van der Waals surface area (Å²) in [6.45, 7) is 0. The monoisotopic (exact) mass is 328 g/mol. The van der Waals surface area contributed by atoms with Crippen molar-refractivity contribution in [1.29, 1.82) is 0 Å². The van der Waals surface area contributed by atoms with E-state index in [1.165, 1.54) is 12.1 Å². The van der Waals surface area contributed by atoms with Crippen molar-refractivity contribution >= 4 is 27.5 Å². The first kappa shape index (κ1) is 13.5. The molecule has 18 heavy (non-hydrogen) atoms. The van der Waals surface area contributed by atoms with Gasteiger partial charge in [0.05, 0.1) is 6.10 Å². The van der Waals surface area contributed by atoms with Gasteiger partial charge in [-0.1, -0.05) is 45.7 Å². The third kappa shape index (κ3) is 3.31. The number of halogens is 3. The molecule has 0 spiro atoms. The van der Waals surface area contributed by atoms with Crippen LogP contribution < -0.4 is 0 Å². The van der Waals surface area contributed by atoms with E-state index in [-0.39, 0.29) is 5.02 Å². The van der Waals surface area contributed by atoms with Crippen molar-refractivity contribution in [3.05, 3.63) is 68.9 Å². The fourth-order valence-electron chi connectivity index (χ4n) is 1.76. The summed E-state index contributed by atoms with van der Waals surface area (Å²) in [5, 5.41) is 10.4. The molecule has 0 saturated carbocycles. The van der Waals surface area contributed by atoms with E-state index in [2.05, 4.69) is 15.9 Å². The van der Waals surface area contributed by atoms with E-state index in [1.54, 1.807) is 6.07 Å². The normalized spacial score (nSPS) is 12.4. The molecule has 0 fully saturated rings. The van der Waals surface area contributed by atoms with Gasteiger partial charge in [-0.2, -0.15) is 0 Å². The lowest BCUT2D eigenvalue weighted by atomic mass is 10.0. The molecule has 94 valence electrons. The molecule has 0 saturated heterocycles. The highest BCUT2D eigenvalue weighted by Crippen LogP contribution is 2.26. The van der Waals surface area contributed by atoms with Crippen LogP contribution in [0.15, 0.2) is 46.9 Å². The van der Waals surface area contributed by atoms with Crippen molar-refractivity contribution in [2.75, 3.05) is 0 Å². The minimum Gasteiger partial charge on any atom is -0.388 e. The zero-order valence-corrected chi connectivity index (χ0v) is 11.7. The molecule has 1 nitrogen and oxygen atoms in total. The Morgan fingerprint density at radius 3 is 2.61 bits per heavy atom. The summed E-state index contributed by atoms with van der Waals surface area (Å²) < 4.78 is 14.1. The fraction of sp³-hybridized carbons (Fsp3) is 0.143. The number of rotatable bonds is 3.